The lowest BCUT2D eigenvalue weighted by Crippen LogP contribution is -2.55. The molecule has 1 amide bonds. The molecule has 6 heteroatoms. The van der Waals surface area contributed by atoms with Gasteiger partial charge in [-0.2, -0.15) is 0 Å². The molecule has 0 saturated carbocycles. The van der Waals surface area contributed by atoms with Crippen molar-refractivity contribution in [1.29, 1.82) is 0 Å². The van der Waals surface area contributed by atoms with Crippen LogP contribution in [0, 0.1) is 0 Å². The van der Waals surface area contributed by atoms with Crippen LogP contribution in [0.15, 0.2) is 30.3 Å². The van der Waals surface area contributed by atoms with Gasteiger partial charge in [0.15, 0.2) is 12.1 Å². The second-order valence-electron chi connectivity index (χ2n) is 4.53. The number of rotatable bonds is 4. The highest BCUT2D eigenvalue weighted by Gasteiger charge is 2.35. The summed E-state index contributed by atoms with van der Waals surface area (Å²) >= 11 is 0. The number of nitrogens with zero attached hydrogens (tertiary/aromatic N) is 1. The van der Waals surface area contributed by atoms with Crippen LogP contribution < -0.4 is 4.74 Å². The summed E-state index contributed by atoms with van der Waals surface area (Å²) in [7, 11) is 0. The summed E-state index contributed by atoms with van der Waals surface area (Å²) in [6, 6.07) is 8.01. The Morgan fingerprint density at radius 3 is 2.75 bits per heavy atom. The SMILES string of the molecule is C[C@H](Oc1ccccc1)C(=O)N1CCOC[C@H]1C(=O)O. The van der Waals surface area contributed by atoms with Crippen molar-refractivity contribution in [1.82, 2.24) is 4.90 Å². The minimum Gasteiger partial charge on any atom is -0.481 e. The van der Waals surface area contributed by atoms with Crippen LogP contribution in [0.1, 0.15) is 6.92 Å². The molecule has 1 heterocycles. The highest BCUT2D eigenvalue weighted by Crippen LogP contribution is 2.15. The Balaban J connectivity index is 2.03. The number of ether oxygens (including phenoxy) is 2. The molecule has 0 bridgehead atoms. The van der Waals surface area contributed by atoms with Crippen molar-refractivity contribution in [2.24, 2.45) is 0 Å². The van der Waals surface area contributed by atoms with Gasteiger partial charge in [0.05, 0.1) is 13.2 Å². The van der Waals surface area contributed by atoms with Crippen molar-refractivity contribution in [2.75, 3.05) is 19.8 Å². The molecule has 0 aromatic heterocycles. The highest BCUT2D eigenvalue weighted by molar-refractivity contribution is 5.86. The summed E-state index contributed by atoms with van der Waals surface area (Å²) in [5.74, 6) is -0.831. The summed E-state index contributed by atoms with van der Waals surface area (Å²) in [5, 5.41) is 9.11. The Hall–Kier alpha value is -2.08. The van der Waals surface area contributed by atoms with Crippen LogP contribution in [0.4, 0.5) is 0 Å². The molecule has 0 radical (unpaired) electrons. The minimum atomic E-state index is -1.06. The topological polar surface area (TPSA) is 76.1 Å². The Labute approximate surface area is 116 Å². The Morgan fingerprint density at radius 1 is 1.40 bits per heavy atom. The number of hydrogen-bond donors (Lipinski definition) is 1. The number of hydrogen-bond acceptors (Lipinski definition) is 4. The Morgan fingerprint density at radius 2 is 2.10 bits per heavy atom. The number of carboxylic acid groups (broad SMARTS) is 1. The quantitative estimate of drug-likeness (QED) is 0.881. The molecule has 1 aliphatic rings. The molecular formula is C14H17NO5. The van der Waals surface area contributed by atoms with Crippen LogP contribution in [0.3, 0.4) is 0 Å². The molecule has 0 unspecified atom stereocenters. The van der Waals surface area contributed by atoms with E-state index in [-0.39, 0.29) is 19.1 Å². The third kappa shape index (κ3) is 3.27. The van der Waals surface area contributed by atoms with Gasteiger partial charge in [-0.25, -0.2) is 4.79 Å². The molecule has 0 aliphatic carbocycles. The standard InChI is InChI=1S/C14H17NO5/c1-10(20-11-5-3-2-4-6-11)13(16)15-7-8-19-9-12(15)14(17)18/h2-6,10,12H,7-9H2,1H3,(H,17,18)/t10-,12-/m0/s1. The maximum atomic E-state index is 12.3. The molecule has 0 spiro atoms. The van der Waals surface area contributed by atoms with E-state index in [1.54, 1.807) is 31.2 Å². The van der Waals surface area contributed by atoms with Crippen molar-refractivity contribution in [2.45, 2.75) is 19.1 Å². The first kappa shape index (κ1) is 14.3. The van der Waals surface area contributed by atoms with Crippen LogP contribution in [0.5, 0.6) is 5.75 Å². The van der Waals surface area contributed by atoms with Crippen LogP contribution in [-0.4, -0.2) is 53.8 Å². The zero-order valence-corrected chi connectivity index (χ0v) is 11.2. The fraction of sp³-hybridized carbons (Fsp3) is 0.429. The van der Waals surface area contributed by atoms with Gasteiger partial charge in [0, 0.05) is 6.54 Å². The first-order valence-corrected chi connectivity index (χ1v) is 6.42. The van der Waals surface area contributed by atoms with Crippen molar-refractivity contribution in [3.05, 3.63) is 30.3 Å². The number of carbonyl (C=O) groups is 2. The molecule has 2 atom stereocenters. The molecular weight excluding hydrogens is 262 g/mol. The summed E-state index contributed by atoms with van der Waals surface area (Å²) in [4.78, 5) is 24.7. The lowest BCUT2D eigenvalue weighted by atomic mass is 10.2. The molecule has 1 saturated heterocycles. The largest absolute Gasteiger partial charge is 0.481 e. The van der Waals surface area contributed by atoms with Crippen LogP contribution in [0.25, 0.3) is 0 Å². The predicted molar refractivity (Wildman–Crippen MR) is 70.5 cm³/mol. The summed E-state index contributed by atoms with van der Waals surface area (Å²) in [6.45, 7) is 2.23. The number of morpholine rings is 1. The molecule has 1 fully saturated rings. The van der Waals surface area contributed by atoms with E-state index in [0.717, 1.165) is 0 Å². The lowest BCUT2D eigenvalue weighted by molar-refractivity contribution is -0.161. The number of para-hydroxylation sites is 1. The van der Waals surface area contributed by atoms with Gasteiger partial charge in [-0.05, 0) is 19.1 Å². The smallest absolute Gasteiger partial charge is 0.328 e. The molecule has 1 N–H and O–H groups in total. The van der Waals surface area contributed by atoms with E-state index < -0.39 is 18.1 Å². The van der Waals surface area contributed by atoms with Crippen LogP contribution in [-0.2, 0) is 14.3 Å². The van der Waals surface area contributed by atoms with E-state index in [1.165, 1.54) is 4.90 Å². The van der Waals surface area contributed by atoms with E-state index in [2.05, 4.69) is 0 Å². The van der Waals surface area contributed by atoms with Crippen molar-refractivity contribution in [3.63, 3.8) is 0 Å². The van der Waals surface area contributed by atoms with Crippen molar-refractivity contribution < 1.29 is 24.2 Å². The van der Waals surface area contributed by atoms with Crippen molar-refractivity contribution >= 4 is 11.9 Å². The number of carbonyl (C=O) groups excluding carboxylic acids is 1. The third-order valence-electron chi connectivity index (χ3n) is 3.10. The van der Waals surface area contributed by atoms with E-state index in [1.807, 2.05) is 6.07 Å². The van der Waals surface area contributed by atoms with E-state index in [4.69, 9.17) is 14.6 Å². The van der Waals surface area contributed by atoms with Gasteiger partial charge in [-0.15, -0.1) is 0 Å². The third-order valence-corrected chi connectivity index (χ3v) is 3.10. The normalized spacial score (nSPS) is 20.2. The molecule has 108 valence electrons. The second-order valence-corrected chi connectivity index (χ2v) is 4.53. The van der Waals surface area contributed by atoms with E-state index in [0.29, 0.717) is 12.4 Å². The van der Waals surface area contributed by atoms with Gasteiger partial charge in [-0.3, -0.25) is 4.79 Å². The zero-order chi connectivity index (χ0) is 14.5. The van der Waals surface area contributed by atoms with E-state index in [9.17, 15) is 9.59 Å². The van der Waals surface area contributed by atoms with Gasteiger partial charge in [0.25, 0.3) is 5.91 Å². The van der Waals surface area contributed by atoms with Crippen molar-refractivity contribution in [3.8, 4) is 5.75 Å². The Bertz CT molecular complexity index is 476. The van der Waals surface area contributed by atoms with Crippen LogP contribution in [0.2, 0.25) is 0 Å². The first-order chi connectivity index (χ1) is 9.59. The number of benzene rings is 1. The fourth-order valence-corrected chi connectivity index (χ4v) is 2.06. The lowest BCUT2D eigenvalue weighted by Gasteiger charge is -2.34. The fourth-order valence-electron chi connectivity index (χ4n) is 2.06. The summed E-state index contributed by atoms with van der Waals surface area (Å²) in [5.41, 5.74) is 0. The average molecular weight is 279 g/mol. The minimum absolute atomic E-state index is 0.0130. The van der Waals surface area contributed by atoms with Gasteiger partial charge >= 0.3 is 5.97 Å². The number of aliphatic carboxylic acids is 1. The maximum absolute atomic E-state index is 12.3. The number of amides is 1. The van der Waals surface area contributed by atoms with Gasteiger partial charge in [-0.1, -0.05) is 18.2 Å². The molecule has 1 aliphatic heterocycles. The molecule has 20 heavy (non-hydrogen) atoms. The van der Waals surface area contributed by atoms with Gasteiger partial charge in [0.1, 0.15) is 5.75 Å². The van der Waals surface area contributed by atoms with E-state index >= 15 is 0 Å². The van der Waals surface area contributed by atoms with Gasteiger partial charge < -0.3 is 19.5 Å². The number of carboxylic acids is 1. The zero-order valence-electron chi connectivity index (χ0n) is 11.2. The molecule has 2 rings (SSSR count). The van der Waals surface area contributed by atoms with Gasteiger partial charge in [0.2, 0.25) is 0 Å². The molecule has 1 aromatic rings. The second kappa shape index (κ2) is 6.38. The summed E-state index contributed by atoms with van der Waals surface area (Å²) in [6.07, 6.45) is -0.739. The average Bonchev–Trinajstić information content (AvgIpc) is 2.47. The molecule has 6 nitrogen and oxygen atoms in total. The van der Waals surface area contributed by atoms with Crippen LogP contribution >= 0.6 is 0 Å². The first-order valence-electron chi connectivity index (χ1n) is 6.42. The Kier molecular flexibility index (Phi) is 4.57. The summed E-state index contributed by atoms with van der Waals surface area (Å²) < 4.78 is 10.6. The maximum Gasteiger partial charge on any atom is 0.328 e. The highest BCUT2D eigenvalue weighted by atomic mass is 16.5. The molecule has 1 aromatic carbocycles. The monoisotopic (exact) mass is 279 g/mol. The predicted octanol–water partition coefficient (Wildman–Crippen LogP) is 0.766.